The Morgan fingerprint density at radius 2 is 1.89 bits per heavy atom. The first-order chi connectivity index (χ1) is 13.4. The van der Waals surface area contributed by atoms with Gasteiger partial charge in [0.05, 0.1) is 11.8 Å². The average molecular weight is 376 g/mol. The third-order valence-electron chi connectivity index (χ3n) is 4.24. The first-order valence-corrected chi connectivity index (χ1v) is 8.46. The van der Waals surface area contributed by atoms with Gasteiger partial charge in [0.2, 0.25) is 0 Å². The molecule has 3 aromatic rings. The summed E-state index contributed by atoms with van der Waals surface area (Å²) in [6, 6.07) is 13.0. The van der Waals surface area contributed by atoms with Crippen LogP contribution in [0.25, 0.3) is 27.9 Å². The zero-order valence-electron chi connectivity index (χ0n) is 14.9. The summed E-state index contributed by atoms with van der Waals surface area (Å²) < 4.78 is 19.5. The number of aliphatic carboxylic acids is 1. The van der Waals surface area contributed by atoms with Gasteiger partial charge in [-0.05, 0) is 11.6 Å². The van der Waals surface area contributed by atoms with Crippen molar-refractivity contribution < 1.29 is 18.7 Å². The van der Waals surface area contributed by atoms with Crippen molar-refractivity contribution in [1.29, 1.82) is 0 Å². The largest absolute Gasteiger partial charge is 0.481 e. The van der Waals surface area contributed by atoms with E-state index in [0.717, 1.165) is 0 Å². The van der Waals surface area contributed by atoms with Crippen molar-refractivity contribution in [1.82, 2.24) is 0 Å². The van der Waals surface area contributed by atoms with E-state index in [-0.39, 0.29) is 17.4 Å². The Morgan fingerprint density at radius 3 is 2.50 bits per heavy atom. The molecule has 0 saturated heterocycles. The summed E-state index contributed by atoms with van der Waals surface area (Å²) in [7, 11) is 0. The monoisotopic (exact) mass is 376 g/mol. The van der Waals surface area contributed by atoms with E-state index >= 15 is 0 Å². The van der Waals surface area contributed by atoms with Crippen LogP contribution in [-0.2, 0) is 11.2 Å². The summed E-state index contributed by atoms with van der Waals surface area (Å²) >= 11 is 0. The molecule has 0 amide bonds. The predicted octanol–water partition coefficient (Wildman–Crippen LogP) is 5.14. The first-order valence-electron chi connectivity index (χ1n) is 8.46. The fraction of sp³-hybridized carbons (Fsp3) is 0.0435. The topological polar surface area (TPSA) is 67.5 Å². The number of benzene rings is 2. The fourth-order valence-corrected chi connectivity index (χ4v) is 2.96. The Morgan fingerprint density at radius 1 is 1.18 bits per heavy atom. The summed E-state index contributed by atoms with van der Waals surface area (Å²) in [4.78, 5) is 23.6. The van der Waals surface area contributed by atoms with Crippen molar-refractivity contribution in [3.63, 3.8) is 0 Å². The third-order valence-corrected chi connectivity index (χ3v) is 4.24. The molecule has 0 aliphatic carbocycles. The molecule has 0 spiro atoms. The highest BCUT2D eigenvalue weighted by atomic mass is 19.1. The lowest BCUT2D eigenvalue weighted by molar-refractivity contribution is -0.136. The summed E-state index contributed by atoms with van der Waals surface area (Å²) in [6.45, 7) is 6.88. The van der Waals surface area contributed by atoms with E-state index in [1.54, 1.807) is 42.5 Å². The number of carboxylic acid groups (broad SMARTS) is 1. The molecule has 1 N–H and O–H groups in total. The van der Waals surface area contributed by atoms with E-state index in [9.17, 15) is 14.0 Å². The lowest BCUT2D eigenvalue weighted by Gasteiger charge is -2.08. The van der Waals surface area contributed by atoms with Crippen LogP contribution in [0.1, 0.15) is 11.1 Å². The van der Waals surface area contributed by atoms with Crippen LogP contribution in [0.2, 0.25) is 0 Å². The number of allylic oxidation sites excluding steroid dienone is 4. The average Bonchev–Trinajstić information content (AvgIpc) is 2.66. The van der Waals surface area contributed by atoms with Crippen LogP contribution >= 0.6 is 0 Å². The molecule has 2 aromatic carbocycles. The second kappa shape index (κ2) is 7.88. The molecule has 0 unspecified atom stereocenters. The van der Waals surface area contributed by atoms with Crippen LogP contribution in [0, 0.1) is 0 Å². The van der Waals surface area contributed by atoms with Crippen LogP contribution in [0.4, 0.5) is 4.39 Å². The van der Waals surface area contributed by atoms with E-state index in [2.05, 4.69) is 13.2 Å². The molecule has 4 nitrogen and oxygen atoms in total. The third kappa shape index (κ3) is 3.83. The standard InChI is InChI=1S/C23H17FO4/c1-3-5-18(14(2)24)15-8-10-16(11-9-15)21-13-20(25)19-7-4-6-17(12-22(26)27)23(19)28-21/h3-11,13H,1-2,12H2,(H,26,27)/b18-5+. The van der Waals surface area contributed by atoms with E-state index < -0.39 is 11.8 Å². The molecular formula is C23H17FO4. The molecule has 0 aliphatic rings. The number of rotatable bonds is 6. The highest BCUT2D eigenvalue weighted by Crippen LogP contribution is 2.28. The smallest absolute Gasteiger partial charge is 0.307 e. The molecule has 0 saturated carbocycles. The minimum absolute atomic E-state index is 0.251. The molecule has 28 heavy (non-hydrogen) atoms. The lowest BCUT2D eigenvalue weighted by Crippen LogP contribution is -2.05. The second-order valence-corrected chi connectivity index (χ2v) is 6.14. The number of halogens is 1. The van der Waals surface area contributed by atoms with E-state index in [0.29, 0.717) is 33.4 Å². The Kier molecular flexibility index (Phi) is 5.36. The van der Waals surface area contributed by atoms with Crippen LogP contribution in [0.5, 0.6) is 0 Å². The molecule has 0 atom stereocenters. The van der Waals surface area contributed by atoms with Gasteiger partial charge < -0.3 is 9.52 Å². The molecule has 1 heterocycles. The second-order valence-electron chi connectivity index (χ2n) is 6.14. The lowest BCUT2D eigenvalue weighted by atomic mass is 10.0. The van der Waals surface area contributed by atoms with Crippen molar-refractivity contribution in [3.8, 4) is 11.3 Å². The Labute approximate surface area is 160 Å². The van der Waals surface area contributed by atoms with Crippen molar-refractivity contribution in [3.05, 3.63) is 101 Å². The Bertz CT molecular complexity index is 1170. The summed E-state index contributed by atoms with van der Waals surface area (Å²) in [6.07, 6.45) is 2.74. The van der Waals surface area contributed by atoms with Gasteiger partial charge >= 0.3 is 5.97 Å². The van der Waals surface area contributed by atoms with Gasteiger partial charge in [-0.1, -0.05) is 61.7 Å². The number of carbonyl (C=O) groups is 1. The van der Waals surface area contributed by atoms with E-state index in [4.69, 9.17) is 9.52 Å². The highest BCUT2D eigenvalue weighted by molar-refractivity contribution is 5.85. The SMILES string of the molecule is C=C/C=C(\C(=C)F)c1ccc(-c2cc(=O)c3cccc(CC(=O)O)c3o2)cc1. The fourth-order valence-electron chi connectivity index (χ4n) is 2.96. The molecule has 140 valence electrons. The predicted molar refractivity (Wildman–Crippen MR) is 108 cm³/mol. The maximum Gasteiger partial charge on any atom is 0.307 e. The molecule has 5 heteroatoms. The van der Waals surface area contributed by atoms with Gasteiger partial charge in [-0.25, -0.2) is 4.39 Å². The van der Waals surface area contributed by atoms with Gasteiger partial charge in [-0.3, -0.25) is 9.59 Å². The number of hydrogen-bond acceptors (Lipinski definition) is 3. The summed E-state index contributed by atoms with van der Waals surface area (Å²) in [5.74, 6) is -1.30. The number of carboxylic acids is 1. The van der Waals surface area contributed by atoms with E-state index in [1.165, 1.54) is 18.2 Å². The van der Waals surface area contributed by atoms with Gasteiger partial charge in [0.1, 0.15) is 17.2 Å². The van der Waals surface area contributed by atoms with Crippen LogP contribution in [-0.4, -0.2) is 11.1 Å². The summed E-state index contributed by atoms with van der Waals surface area (Å²) in [5.41, 5.74) is 1.93. The van der Waals surface area contributed by atoms with Gasteiger partial charge in [0, 0.05) is 22.8 Å². The van der Waals surface area contributed by atoms with Crippen molar-refractivity contribution >= 4 is 22.5 Å². The van der Waals surface area contributed by atoms with E-state index in [1.807, 2.05) is 0 Å². The normalized spacial score (nSPS) is 11.4. The zero-order valence-corrected chi connectivity index (χ0v) is 14.9. The van der Waals surface area contributed by atoms with Gasteiger partial charge in [-0.15, -0.1) is 0 Å². The summed E-state index contributed by atoms with van der Waals surface area (Å²) in [5, 5.41) is 9.41. The van der Waals surface area contributed by atoms with Gasteiger partial charge in [0.25, 0.3) is 0 Å². The molecule has 0 fully saturated rings. The molecular weight excluding hydrogens is 359 g/mol. The molecule has 3 rings (SSSR count). The molecule has 0 radical (unpaired) electrons. The van der Waals surface area contributed by atoms with Crippen LogP contribution in [0.15, 0.2) is 88.9 Å². The maximum absolute atomic E-state index is 13.6. The van der Waals surface area contributed by atoms with Crippen LogP contribution < -0.4 is 5.43 Å². The molecule has 0 aliphatic heterocycles. The Hall–Kier alpha value is -3.73. The Balaban J connectivity index is 2.10. The highest BCUT2D eigenvalue weighted by Gasteiger charge is 2.13. The first kappa shape index (κ1) is 19.0. The minimum Gasteiger partial charge on any atom is -0.481 e. The van der Waals surface area contributed by atoms with Gasteiger partial charge in [-0.2, -0.15) is 0 Å². The number of hydrogen-bond donors (Lipinski definition) is 1. The maximum atomic E-state index is 13.6. The molecule has 0 bridgehead atoms. The van der Waals surface area contributed by atoms with Gasteiger partial charge in [0.15, 0.2) is 5.43 Å². The van der Waals surface area contributed by atoms with Crippen molar-refractivity contribution in [2.75, 3.05) is 0 Å². The van der Waals surface area contributed by atoms with Crippen molar-refractivity contribution in [2.24, 2.45) is 0 Å². The molecule has 1 aromatic heterocycles. The van der Waals surface area contributed by atoms with Crippen LogP contribution in [0.3, 0.4) is 0 Å². The minimum atomic E-state index is -1.02. The number of fused-ring (bicyclic) bond motifs is 1. The zero-order chi connectivity index (χ0) is 20.3. The number of para-hydroxylation sites is 1. The van der Waals surface area contributed by atoms with Crippen molar-refractivity contribution in [2.45, 2.75) is 6.42 Å². The quantitative estimate of drug-likeness (QED) is 0.605.